The van der Waals surface area contributed by atoms with Crippen LogP contribution in [0.2, 0.25) is 0 Å². The molecule has 4 amide bonds. The van der Waals surface area contributed by atoms with Crippen LogP contribution in [-0.2, 0) is 16.0 Å². The number of hydrogen-bond acceptors (Lipinski definition) is 4. The van der Waals surface area contributed by atoms with Gasteiger partial charge in [0.05, 0.1) is 6.61 Å². The first-order chi connectivity index (χ1) is 13.0. The molecule has 0 saturated carbocycles. The van der Waals surface area contributed by atoms with Gasteiger partial charge in [-0.1, -0.05) is 30.3 Å². The fraction of sp³-hybridized carbons (Fsp3) is 0.150. The van der Waals surface area contributed by atoms with Gasteiger partial charge in [-0.2, -0.15) is 0 Å². The number of imide groups is 2. The van der Waals surface area contributed by atoms with Gasteiger partial charge in [0.15, 0.2) is 0 Å². The van der Waals surface area contributed by atoms with Gasteiger partial charge in [0, 0.05) is 6.42 Å². The highest BCUT2D eigenvalue weighted by Gasteiger charge is 2.27. The smallest absolute Gasteiger partial charge is 0.328 e. The van der Waals surface area contributed by atoms with Crippen LogP contribution in [0.15, 0.2) is 48.0 Å². The van der Waals surface area contributed by atoms with Crippen LogP contribution in [0.3, 0.4) is 0 Å². The average molecular weight is 368 g/mol. The van der Waals surface area contributed by atoms with Gasteiger partial charge in [0.1, 0.15) is 17.1 Å². The van der Waals surface area contributed by atoms with Gasteiger partial charge in [-0.05, 0) is 41.8 Å². The number of carbonyl (C=O) groups excluding carboxylic acids is 3. The number of halogens is 1. The molecular formula is C20H17FN2O4. The van der Waals surface area contributed by atoms with E-state index in [-0.39, 0.29) is 11.4 Å². The lowest BCUT2D eigenvalue weighted by molar-refractivity contribution is -0.123. The zero-order valence-corrected chi connectivity index (χ0v) is 14.5. The fourth-order valence-electron chi connectivity index (χ4n) is 2.72. The molecule has 1 fully saturated rings. The number of nitrogens with one attached hydrogen (secondary N) is 2. The Kier molecular flexibility index (Phi) is 5.30. The van der Waals surface area contributed by atoms with E-state index in [1.165, 1.54) is 12.1 Å². The van der Waals surface area contributed by atoms with Crippen LogP contribution in [0.4, 0.5) is 9.18 Å². The molecule has 1 aliphatic rings. The lowest BCUT2D eigenvalue weighted by atomic mass is 10.0. The van der Waals surface area contributed by atoms with Crippen molar-refractivity contribution in [2.24, 2.45) is 0 Å². The summed E-state index contributed by atoms with van der Waals surface area (Å²) in [7, 11) is 0. The second-order valence-corrected chi connectivity index (χ2v) is 5.86. The number of urea groups is 1. The molecule has 0 radical (unpaired) electrons. The Morgan fingerprint density at radius 3 is 2.37 bits per heavy atom. The fourth-order valence-corrected chi connectivity index (χ4v) is 2.72. The first kappa shape index (κ1) is 18.3. The van der Waals surface area contributed by atoms with Crippen molar-refractivity contribution in [2.75, 3.05) is 6.61 Å². The van der Waals surface area contributed by atoms with E-state index >= 15 is 0 Å². The minimum absolute atomic E-state index is 0.182. The Morgan fingerprint density at radius 2 is 1.70 bits per heavy atom. The van der Waals surface area contributed by atoms with E-state index in [4.69, 9.17) is 4.74 Å². The Bertz CT molecular complexity index is 931. The molecular weight excluding hydrogens is 351 g/mol. The highest BCUT2D eigenvalue weighted by molar-refractivity contribution is 6.31. The summed E-state index contributed by atoms with van der Waals surface area (Å²) >= 11 is 0. The molecule has 0 bridgehead atoms. The zero-order valence-electron chi connectivity index (χ0n) is 14.5. The standard InChI is InChI=1S/C20H17FN2O4/c1-2-27-17-10-12(9-15-18(24)22-20(26)23-19(15)25)7-8-14(17)11-13-5-3-4-6-16(13)21/h3-10H,2,11H2,1H3,(H2,22,23,24,25,26). The minimum atomic E-state index is -0.850. The zero-order chi connectivity index (χ0) is 19.4. The molecule has 138 valence electrons. The summed E-state index contributed by atoms with van der Waals surface area (Å²) in [6, 6.07) is 10.8. The summed E-state index contributed by atoms with van der Waals surface area (Å²) in [5, 5.41) is 4.04. The van der Waals surface area contributed by atoms with Gasteiger partial charge in [-0.15, -0.1) is 0 Å². The van der Waals surface area contributed by atoms with Crippen LogP contribution in [0.1, 0.15) is 23.6 Å². The third-order valence-corrected chi connectivity index (χ3v) is 3.98. The Balaban J connectivity index is 1.93. The molecule has 3 rings (SSSR count). The number of rotatable bonds is 5. The normalized spacial score (nSPS) is 13.9. The SMILES string of the molecule is CCOc1cc(C=C2C(=O)NC(=O)NC2=O)ccc1Cc1ccccc1F. The molecule has 2 aromatic carbocycles. The van der Waals surface area contributed by atoms with Crippen LogP contribution in [0.25, 0.3) is 6.08 Å². The van der Waals surface area contributed by atoms with E-state index in [9.17, 15) is 18.8 Å². The summed E-state index contributed by atoms with van der Waals surface area (Å²) in [5.74, 6) is -1.30. The van der Waals surface area contributed by atoms with E-state index in [1.54, 1.807) is 36.4 Å². The van der Waals surface area contributed by atoms with Crippen molar-refractivity contribution >= 4 is 23.9 Å². The molecule has 2 aromatic rings. The number of amides is 4. The van der Waals surface area contributed by atoms with Crippen molar-refractivity contribution in [2.45, 2.75) is 13.3 Å². The number of carbonyl (C=O) groups is 3. The third-order valence-electron chi connectivity index (χ3n) is 3.98. The first-order valence-corrected chi connectivity index (χ1v) is 8.35. The number of ether oxygens (including phenoxy) is 1. The Hall–Kier alpha value is -3.48. The van der Waals surface area contributed by atoms with Crippen molar-refractivity contribution in [1.82, 2.24) is 10.6 Å². The number of benzene rings is 2. The molecule has 0 spiro atoms. The predicted molar refractivity (Wildman–Crippen MR) is 96.5 cm³/mol. The largest absolute Gasteiger partial charge is 0.494 e. The molecule has 0 atom stereocenters. The molecule has 1 heterocycles. The maximum Gasteiger partial charge on any atom is 0.328 e. The molecule has 1 saturated heterocycles. The predicted octanol–water partition coefficient (Wildman–Crippen LogP) is 2.56. The molecule has 1 aliphatic heterocycles. The lowest BCUT2D eigenvalue weighted by Crippen LogP contribution is -2.51. The lowest BCUT2D eigenvalue weighted by Gasteiger charge is -2.15. The van der Waals surface area contributed by atoms with Crippen LogP contribution in [-0.4, -0.2) is 24.5 Å². The van der Waals surface area contributed by atoms with Gasteiger partial charge in [-0.3, -0.25) is 20.2 Å². The van der Waals surface area contributed by atoms with Crippen molar-refractivity contribution < 1.29 is 23.5 Å². The first-order valence-electron chi connectivity index (χ1n) is 8.35. The molecule has 7 heteroatoms. The Morgan fingerprint density at radius 1 is 1.00 bits per heavy atom. The highest BCUT2D eigenvalue weighted by atomic mass is 19.1. The number of hydrogen-bond donors (Lipinski definition) is 2. The van der Waals surface area contributed by atoms with E-state index in [2.05, 4.69) is 0 Å². The maximum absolute atomic E-state index is 13.9. The quantitative estimate of drug-likeness (QED) is 0.628. The monoisotopic (exact) mass is 368 g/mol. The van der Waals surface area contributed by atoms with Crippen LogP contribution < -0.4 is 15.4 Å². The summed E-state index contributed by atoms with van der Waals surface area (Å²) in [6.07, 6.45) is 1.71. The van der Waals surface area contributed by atoms with E-state index in [0.717, 1.165) is 5.56 Å². The van der Waals surface area contributed by atoms with E-state index in [0.29, 0.717) is 29.9 Å². The molecule has 0 aromatic heterocycles. The highest BCUT2D eigenvalue weighted by Crippen LogP contribution is 2.26. The van der Waals surface area contributed by atoms with Gasteiger partial charge in [0.2, 0.25) is 0 Å². The second kappa shape index (κ2) is 7.82. The van der Waals surface area contributed by atoms with Gasteiger partial charge < -0.3 is 4.74 Å². The summed E-state index contributed by atoms with van der Waals surface area (Å²) in [6.45, 7) is 2.23. The summed E-state index contributed by atoms with van der Waals surface area (Å²) in [5.41, 5.74) is 1.68. The van der Waals surface area contributed by atoms with Crippen molar-refractivity contribution in [1.29, 1.82) is 0 Å². The van der Waals surface area contributed by atoms with Crippen LogP contribution >= 0.6 is 0 Å². The van der Waals surface area contributed by atoms with Gasteiger partial charge in [-0.25, -0.2) is 9.18 Å². The average Bonchev–Trinajstić information content (AvgIpc) is 2.62. The summed E-state index contributed by atoms with van der Waals surface area (Å²) < 4.78 is 19.6. The van der Waals surface area contributed by atoms with Crippen molar-refractivity contribution in [3.63, 3.8) is 0 Å². The van der Waals surface area contributed by atoms with Gasteiger partial charge in [0.25, 0.3) is 11.8 Å². The molecule has 27 heavy (non-hydrogen) atoms. The maximum atomic E-state index is 13.9. The van der Waals surface area contributed by atoms with Gasteiger partial charge >= 0.3 is 6.03 Å². The molecule has 2 N–H and O–H groups in total. The van der Waals surface area contributed by atoms with Crippen LogP contribution in [0, 0.1) is 5.82 Å². The van der Waals surface area contributed by atoms with Crippen molar-refractivity contribution in [3.05, 3.63) is 70.5 Å². The topological polar surface area (TPSA) is 84.5 Å². The summed E-state index contributed by atoms with van der Waals surface area (Å²) in [4.78, 5) is 34.8. The third kappa shape index (κ3) is 4.20. The van der Waals surface area contributed by atoms with E-state index < -0.39 is 17.8 Å². The second-order valence-electron chi connectivity index (χ2n) is 5.86. The molecule has 0 unspecified atom stereocenters. The Labute approximate surface area is 155 Å². The van der Waals surface area contributed by atoms with Crippen LogP contribution in [0.5, 0.6) is 5.75 Å². The van der Waals surface area contributed by atoms with Crippen molar-refractivity contribution in [3.8, 4) is 5.75 Å². The van der Waals surface area contributed by atoms with E-state index in [1.807, 2.05) is 17.6 Å². The molecule has 0 aliphatic carbocycles. The minimum Gasteiger partial charge on any atom is -0.494 e. The molecule has 6 nitrogen and oxygen atoms in total. The number of barbiturate groups is 1.